The third kappa shape index (κ3) is 3.13. The van der Waals surface area contributed by atoms with Crippen LogP contribution in [0.4, 0.5) is 5.00 Å². The van der Waals surface area contributed by atoms with Crippen molar-refractivity contribution in [3.8, 4) is 0 Å². The van der Waals surface area contributed by atoms with E-state index >= 15 is 0 Å². The normalized spacial score (nSPS) is 11.9. The highest BCUT2D eigenvalue weighted by atomic mass is 32.1. The van der Waals surface area contributed by atoms with Crippen molar-refractivity contribution in [1.82, 2.24) is 0 Å². The summed E-state index contributed by atoms with van der Waals surface area (Å²) in [5, 5.41) is 12.0. The highest BCUT2D eigenvalue weighted by Crippen LogP contribution is 2.26. The Morgan fingerprint density at radius 2 is 1.95 bits per heavy atom. The van der Waals surface area contributed by atoms with Crippen LogP contribution in [-0.2, 0) is 4.79 Å². The van der Waals surface area contributed by atoms with E-state index in [-0.39, 0.29) is 5.91 Å². The van der Waals surface area contributed by atoms with E-state index < -0.39 is 11.9 Å². The molecule has 4 nitrogen and oxygen atoms in total. The van der Waals surface area contributed by atoms with Gasteiger partial charge in [0.25, 0.3) is 5.91 Å². The van der Waals surface area contributed by atoms with E-state index in [1.54, 1.807) is 36.1 Å². The number of benzene rings is 1. The lowest BCUT2D eigenvalue weighted by molar-refractivity contribution is -0.138. The Labute approximate surface area is 127 Å². The lowest BCUT2D eigenvalue weighted by atomic mass is 9.95. The molecule has 1 aromatic carbocycles. The van der Waals surface area contributed by atoms with Gasteiger partial charge < -0.3 is 5.11 Å². The summed E-state index contributed by atoms with van der Waals surface area (Å²) in [4.78, 5) is 25.6. The van der Waals surface area contributed by atoms with Crippen molar-refractivity contribution in [3.63, 3.8) is 0 Å². The Balaban J connectivity index is 2.41. The van der Waals surface area contributed by atoms with E-state index in [9.17, 15) is 14.7 Å². The van der Waals surface area contributed by atoms with Gasteiger partial charge in [0.15, 0.2) is 0 Å². The molecule has 1 atom stereocenters. The van der Waals surface area contributed by atoms with Crippen LogP contribution >= 0.6 is 11.3 Å². The van der Waals surface area contributed by atoms with E-state index in [1.165, 1.54) is 11.3 Å². The molecule has 0 saturated heterocycles. The second-order valence-electron chi connectivity index (χ2n) is 4.65. The first-order chi connectivity index (χ1) is 10.1. The van der Waals surface area contributed by atoms with Crippen molar-refractivity contribution in [2.24, 2.45) is 0 Å². The quantitative estimate of drug-likeness (QED) is 0.918. The lowest BCUT2D eigenvalue weighted by Crippen LogP contribution is -2.31. The molecule has 0 bridgehead atoms. The number of thiophene rings is 1. The highest BCUT2D eigenvalue weighted by Gasteiger charge is 2.24. The van der Waals surface area contributed by atoms with Crippen LogP contribution in [0.2, 0.25) is 0 Å². The number of carboxylic acids is 1. The van der Waals surface area contributed by atoms with E-state index in [4.69, 9.17) is 0 Å². The second kappa shape index (κ2) is 6.54. The fourth-order valence-corrected chi connectivity index (χ4v) is 2.96. The minimum Gasteiger partial charge on any atom is -0.481 e. The van der Waals surface area contributed by atoms with Crippen LogP contribution in [0.5, 0.6) is 0 Å². The maximum Gasteiger partial charge on any atom is 0.310 e. The highest BCUT2D eigenvalue weighted by molar-refractivity contribution is 7.14. The molecule has 2 rings (SSSR count). The molecular weight excluding hydrogens is 286 g/mol. The summed E-state index contributed by atoms with van der Waals surface area (Å²) in [5.41, 5.74) is 0.993. The monoisotopic (exact) mass is 303 g/mol. The van der Waals surface area contributed by atoms with Gasteiger partial charge in [0.05, 0.1) is 10.9 Å². The van der Waals surface area contributed by atoms with Gasteiger partial charge >= 0.3 is 5.97 Å². The molecule has 0 fully saturated rings. The molecule has 0 spiro atoms. The molecule has 0 radical (unpaired) electrons. The largest absolute Gasteiger partial charge is 0.481 e. The van der Waals surface area contributed by atoms with Crippen molar-refractivity contribution in [3.05, 3.63) is 52.9 Å². The number of rotatable bonds is 5. The molecule has 5 heteroatoms. The molecule has 1 unspecified atom stereocenters. The number of anilines is 1. The molecule has 0 aliphatic carbocycles. The SMILES string of the molecule is CCN(C(=O)c1ccccc1C(C)C(=O)O)c1cccs1. The molecular formula is C16H17NO3S. The predicted molar refractivity (Wildman–Crippen MR) is 84.2 cm³/mol. The third-order valence-electron chi connectivity index (χ3n) is 3.36. The fraction of sp³-hybridized carbons (Fsp3) is 0.250. The van der Waals surface area contributed by atoms with Crippen molar-refractivity contribution in [2.75, 3.05) is 11.4 Å². The van der Waals surface area contributed by atoms with Gasteiger partial charge in [-0.05, 0) is 43.0 Å². The van der Waals surface area contributed by atoms with Crippen molar-refractivity contribution in [2.45, 2.75) is 19.8 Å². The molecule has 21 heavy (non-hydrogen) atoms. The number of carbonyl (C=O) groups is 2. The van der Waals surface area contributed by atoms with Gasteiger partial charge in [-0.2, -0.15) is 0 Å². The topological polar surface area (TPSA) is 57.6 Å². The fourth-order valence-electron chi connectivity index (χ4n) is 2.17. The van der Waals surface area contributed by atoms with Gasteiger partial charge in [-0.3, -0.25) is 14.5 Å². The Morgan fingerprint density at radius 3 is 2.52 bits per heavy atom. The first-order valence-electron chi connectivity index (χ1n) is 6.73. The van der Waals surface area contributed by atoms with Crippen LogP contribution in [0.25, 0.3) is 0 Å². The summed E-state index contributed by atoms with van der Waals surface area (Å²) in [6.45, 7) is 4.03. The van der Waals surface area contributed by atoms with Crippen LogP contribution < -0.4 is 4.90 Å². The minimum atomic E-state index is -0.936. The number of carbonyl (C=O) groups excluding carboxylic acids is 1. The lowest BCUT2D eigenvalue weighted by Gasteiger charge is -2.21. The molecule has 0 aliphatic heterocycles. The second-order valence-corrected chi connectivity index (χ2v) is 5.57. The molecule has 1 N–H and O–H groups in total. The number of hydrogen-bond donors (Lipinski definition) is 1. The average Bonchev–Trinajstić information content (AvgIpc) is 3.01. The smallest absolute Gasteiger partial charge is 0.310 e. The first-order valence-corrected chi connectivity index (χ1v) is 7.61. The van der Waals surface area contributed by atoms with Crippen molar-refractivity contribution >= 4 is 28.2 Å². The summed E-state index contributed by atoms with van der Waals surface area (Å²) >= 11 is 1.49. The van der Waals surface area contributed by atoms with Crippen LogP contribution in [0.1, 0.15) is 35.7 Å². The number of hydrogen-bond acceptors (Lipinski definition) is 3. The zero-order valence-electron chi connectivity index (χ0n) is 11.9. The van der Waals surface area contributed by atoms with Crippen LogP contribution in [0, 0.1) is 0 Å². The van der Waals surface area contributed by atoms with Crippen LogP contribution in [0.15, 0.2) is 41.8 Å². The van der Waals surface area contributed by atoms with Crippen molar-refractivity contribution in [1.29, 1.82) is 0 Å². The van der Waals surface area contributed by atoms with Crippen LogP contribution in [-0.4, -0.2) is 23.5 Å². The van der Waals surface area contributed by atoms with Gasteiger partial charge in [0, 0.05) is 12.1 Å². The Kier molecular flexibility index (Phi) is 4.75. The minimum absolute atomic E-state index is 0.163. The Hall–Kier alpha value is -2.14. The molecule has 1 amide bonds. The van der Waals surface area contributed by atoms with Crippen molar-refractivity contribution < 1.29 is 14.7 Å². The molecule has 0 aliphatic rings. The Morgan fingerprint density at radius 1 is 1.24 bits per heavy atom. The van der Waals surface area contributed by atoms with E-state index in [2.05, 4.69) is 0 Å². The third-order valence-corrected chi connectivity index (χ3v) is 4.25. The van der Waals surface area contributed by atoms with Crippen LogP contribution in [0.3, 0.4) is 0 Å². The molecule has 1 aromatic heterocycles. The zero-order chi connectivity index (χ0) is 15.4. The summed E-state index contributed by atoms with van der Waals surface area (Å²) in [5.74, 6) is -1.81. The van der Waals surface area contributed by atoms with Gasteiger partial charge in [0.1, 0.15) is 0 Å². The van der Waals surface area contributed by atoms with E-state index in [0.717, 1.165) is 5.00 Å². The van der Waals surface area contributed by atoms with Gasteiger partial charge in [-0.1, -0.05) is 18.2 Å². The number of amides is 1. The Bertz CT molecular complexity index is 637. The number of aliphatic carboxylic acids is 1. The maximum atomic E-state index is 12.8. The predicted octanol–water partition coefficient (Wildman–Crippen LogP) is 3.60. The molecule has 110 valence electrons. The summed E-state index contributed by atoms with van der Waals surface area (Å²) in [6, 6.07) is 10.7. The first kappa shape index (κ1) is 15.3. The van der Waals surface area contributed by atoms with E-state index in [0.29, 0.717) is 17.7 Å². The maximum absolute atomic E-state index is 12.8. The van der Waals surface area contributed by atoms with E-state index in [1.807, 2.05) is 24.4 Å². The van der Waals surface area contributed by atoms with Gasteiger partial charge in [0.2, 0.25) is 0 Å². The number of nitrogens with zero attached hydrogens (tertiary/aromatic N) is 1. The summed E-state index contributed by atoms with van der Waals surface area (Å²) in [6.07, 6.45) is 0. The average molecular weight is 303 g/mol. The number of carboxylic acid groups (broad SMARTS) is 1. The summed E-state index contributed by atoms with van der Waals surface area (Å²) < 4.78 is 0. The molecule has 1 heterocycles. The zero-order valence-corrected chi connectivity index (χ0v) is 12.8. The van der Waals surface area contributed by atoms with Gasteiger partial charge in [-0.15, -0.1) is 11.3 Å². The molecule has 2 aromatic rings. The van der Waals surface area contributed by atoms with Gasteiger partial charge in [-0.25, -0.2) is 0 Å². The summed E-state index contributed by atoms with van der Waals surface area (Å²) in [7, 11) is 0. The standard InChI is InChI=1S/C16H17NO3S/c1-3-17(14-9-6-10-21-14)15(18)13-8-5-4-7-12(13)11(2)16(19)20/h4-11H,3H2,1-2H3,(H,19,20). The molecule has 0 saturated carbocycles.